The quantitative estimate of drug-likeness (QED) is 0.382. The maximum Gasteiger partial charge on any atom is 0.270 e. The molecule has 0 aromatic heterocycles. The molecule has 2 N–H and O–H groups in total. The Morgan fingerprint density at radius 3 is 2.00 bits per heavy atom. The zero-order chi connectivity index (χ0) is 20.9. The number of amides is 1. The third-order valence-electron chi connectivity index (χ3n) is 3.69. The van der Waals surface area contributed by atoms with Crippen molar-refractivity contribution < 1.29 is 27.3 Å². The molecule has 0 bridgehead atoms. The summed E-state index contributed by atoms with van der Waals surface area (Å²) in [6.45, 7) is 3.27. The van der Waals surface area contributed by atoms with Crippen LogP contribution in [0.2, 0.25) is 5.02 Å². The van der Waals surface area contributed by atoms with Gasteiger partial charge in [-0.15, -0.1) is 0 Å². The number of rotatable bonds is 8. The van der Waals surface area contributed by atoms with Gasteiger partial charge < -0.3 is 10.1 Å². The lowest BCUT2D eigenvalue weighted by molar-refractivity contribution is -0.126. The van der Waals surface area contributed by atoms with Crippen molar-refractivity contribution in [1.29, 1.82) is 0 Å². The van der Waals surface area contributed by atoms with Gasteiger partial charge in [-0.2, -0.15) is 8.42 Å². The van der Waals surface area contributed by atoms with Crippen molar-refractivity contribution in [3.05, 3.63) is 64.7 Å². The van der Waals surface area contributed by atoms with Crippen LogP contribution in [0.15, 0.2) is 48.5 Å². The van der Waals surface area contributed by atoms with Crippen molar-refractivity contribution in [3.63, 3.8) is 0 Å². The first-order valence-electron chi connectivity index (χ1n) is 8.37. The molecule has 0 fully saturated rings. The first-order chi connectivity index (χ1) is 13.0. The van der Waals surface area contributed by atoms with Crippen LogP contribution in [-0.2, 0) is 14.9 Å². The molecule has 2 aromatic rings. The molecule has 28 heavy (non-hydrogen) atoms. The number of halogens is 1. The van der Waals surface area contributed by atoms with Crippen LogP contribution in [0.1, 0.15) is 29.8 Å². The van der Waals surface area contributed by atoms with E-state index in [4.69, 9.17) is 20.9 Å². The van der Waals surface area contributed by atoms with E-state index in [-0.39, 0.29) is 11.5 Å². The van der Waals surface area contributed by atoms with Crippen LogP contribution >= 0.6 is 11.6 Å². The highest BCUT2D eigenvalue weighted by Crippen LogP contribution is 2.18. The lowest BCUT2D eigenvalue weighted by Crippen LogP contribution is -2.45. The van der Waals surface area contributed by atoms with Gasteiger partial charge in [-0.25, -0.2) is 0 Å². The lowest BCUT2D eigenvalue weighted by Gasteiger charge is -2.20. The number of hydrogen-bond donors (Lipinski definition) is 2. The minimum absolute atomic E-state index is 0.217. The smallest absolute Gasteiger partial charge is 0.270 e. The van der Waals surface area contributed by atoms with Crippen LogP contribution in [0.4, 0.5) is 0 Å². The summed E-state index contributed by atoms with van der Waals surface area (Å²) < 4.78 is 36.9. The molecule has 0 aliphatic carbocycles. The van der Waals surface area contributed by atoms with Crippen LogP contribution in [0.25, 0.3) is 0 Å². The zero-order valence-corrected chi connectivity index (χ0v) is 16.8. The van der Waals surface area contributed by atoms with Crippen LogP contribution in [0.3, 0.4) is 0 Å². The number of carbonyl (C=O) groups excluding carboxylic acids is 2. The highest BCUT2D eigenvalue weighted by molar-refractivity contribution is 7.85. The molecule has 2 aromatic carbocycles. The van der Waals surface area contributed by atoms with E-state index in [1.807, 2.05) is 0 Å². The second-order valence-corrected chi connectivity index (χ2v) is 8.31. The maximum atomic E-state index is 12.4. The zero-order valence-electron chi connectivity index (χ0n) is 15.3. The van der Waals surface area contributed by atoms with Crippen molar-refractivity contribution in [2.75, 3.05) is 5.75 Å². The second kappa shape index (κ2) is 9.18. The fraction of sp³-hybridized carbons (Fsp3) is 0.263. The number of nitrogens with one attached hydrogen (secondary N) is 1. The molecule has 0 radical (unpaired) electrons. The first-order valence-corrected chi connectivity index (χ1v) is 10.4. The number of ether oxygens (including phenoxy) is 1. The summed E-state index contributed by atoms with van der Waals surface area (Å²) in [6.07, 6.45) is -1.28. The molecule has 9 heteroatoms. The van der Waals surface area contributed by atoms with Gasteiger partial charge in [0, 0.05) is 22.1 Å². The predicted octanol–water partition coefficient (Wildman–Crippen LogP) is 2.94. The fourth-order valence-electron chi connectivity index (χ4n) is 2.24. The molecule has 2 rings (SSSR count). The summed E-state index contributed by atoms with van der Waals surface area (Å²) in [5.74, 6) is -1.62. The maximum absolute atomic E-state index is 12.4. The molecule has 0 heterocycles. The van der Waals surface area contributed by atoms with Gasteiger partial charge in [-0.3, -0.25) is 14.1 Å². The van der Waals surface area contributed by atoms with E-state index in [1.165, 1.54) is 24.3 Å². The second-order valence-electron chi connectivity index (χ2n) is 6.38. The van der Waals surface area contributed by atoms with Crippen molar-refractivity contribution in [3.8, 4) is 5.75 Å². The Kier molecular flexibility index (Phi) is 7.17. The number of benzene rings is 2. The highest BCUT2D eigenvalue weighted by Gasteiger charge is 2.22. The molecule has 1 unspecified atom stereocenters. The van der Waals surface area contributed by atoms with Crippen molar-refractivity contribution in [2.24, 2.45) is 5.92 Å². The number of ketones is 1. The summed E-state index contributed by atoms with van der Waals surface area (Å²) >= 11 is 5.81. The third-order valence-corrected chi connectivity index (χ3v) is 4.67. The van der Waals surface area contributed by atoms with Gasteiger partial charge in [-0.1, -0.05) is 25.4 Å². The monoisotopic (exact) mass is 425 g/mol. The molecule has 0 saturated heterocycles. The van der Waals surface area contributed by atoms with Gasteiger partial charge in [0.2, 0.25) is 5.91 Å². The minimum Gasteiger partial charge on any atom is -0.469 e. The Morgan fingerprint density at radius 1 is 1.04 bits per heavy atom. The van der Waals surface area contributed by atoms with Crippen LogP contribution < -0.4 is 10.1 Å². The Bertz CT molecular complexity index is 939. The lowest BCUT2D eigenvalue weighted by atomic mass is 10.0. The Balaban J connectivity index is 2.14. The van der Waals surface area contributed by atoms with Gasteiger partial charge in [0.15, 0.2) is 12.0 Å². The predicted molar refractivity (Wildman–Crippen MR) is 105 cm³/mol. The van der Waals surface area contributed by atoms with Gasteiger partial charge in [0.25, 0.3) is 10.1 Å². The van der Waals surface area contributed by atoms with E-state index < -0.39 is 33.9 Å². The van der Waals surface area contributed by atoms with E-state index in [1.54, 1.807) is 38.1 Å². The van der Waals surface area contributed by atoms with E-state index in [0.717, 1.165) is 0 Å². The van der Waals surface area contributed by atoms with Crippen molar-refractivity contribution in [2.45, 2.75) is 20.1 Å². The van der Waals surface area contributed by atoms with E-state index in [0.29, 0.717) is 16.1 Å². The molecule has 0 aliphatic heterocycles. The molecular formula is C19H20ClNO6S. The third kappa shape index (κ3) is 6.63. The molecule has 0 spiro atoms. The van der Waals surface area contributed by atoms with E-state index in [2.05, 4.69) is 5.32 Å². The number of carbonyl (C=O) groups is 2. The number of hydrogen-bond acceptors (Lipinski definition) is 5. The van der Waals surface area contributed by atoms with Crippen molar-refractivity contribution in [1.82, 2.24) is 5.32 Å². The Morgan fingerprint density at radius 2 is 1.54 bits per heavy atom. The highest BCUT2D eigenvalue weighted by atomic mass is 35.5. The topological polar surface area (TPSA) is 110 Å². The fourth-order valence-corrected chi connectivity index (χ4v) is 2.90. The Hall–Kier alpha value is -2.42. The van der Waals surface area contributed by atoms with Gasteiger partial charge in [-0.05, 0) is 48.5 Å². The van der Waals surface area contributed by atoms with E-state index in [9.17, 15) is 18.0 Å². The molecule has 150 valence electrons. The summed E-state index contributed by atoms with van der Waals surface area (Å²) in [5.41, 5.74) is 0.860. The molecule has 0 saturated carbocycles. The SMILES string of the molecule is CC(C)C(=O)NC(CS(=O)(=O)O)Oc1ccc(C(=O)c2ccc(Cl)cc2)cc1. The standard InChI is InChI=1S/C19H20ClNO6S/c1-12(2)19(23)21-17(11-28(24,25)26)27-16-9-5-14(6-10-16)18(22)13-3-7-15(20)8-4-13/h3-10,12,17H,11H2,1-2H3,(H,21,23)(H,24,25,26). The molecular weight excluding hydrogens is 406 g/mol. The van der Waals surface area contributed by atoms with Crippen LogP contribution in [-0.4, -0.2) is 36.6 Å². The molecule has 1 amide bonds. The molecule has 7 nitrogen and oxygen atoms in total. The van der Waals surface area contributed by atoms with Crippen LogP contribution in [0.5, 0.6) is 5.75 Å². The first kappa shape index (κ1) is 21.9. The summed E-state index contributed by atoms with van der Waals surface area (Å²) in [6, 6.07) is 12.4. The van der Waals surface area contributed by atoms with Crippen molar-refractivity contribution >= 4 is 33.4 Å². The largest absolute Gasteiger partial charge is 0.469 e. The van der Waals surface area contributed by atoms with Gasteiger partial charge in [0.1, 0.15) is 11.5 Å². The average Bonchev–Trinajstić information content (AvgIpc) is 2.61. The normalized spacial score (nSPS) is 12.5. The van der Waals surface area contributed by atoms with Gasteiger partial charge >= 0.3 is 0 Å². The summed E-state index contributed by atoms with van der Waals surface area (Å²) in [5, 5.41) is 2.93. The molecule has 0 aliphatic rings. The van der Waals surface area contributed by atoms with Crippen LogP contribution in [0, 0.1) is 5.92 Å². The summed E-state index contributed by atoms with van der Waals surface area (Å²) in [4.78, 5) is 24.3. The summed E-state index contributed by atoms with van der Waals surface area (Å²) in [7, 11) is -4.38. The minimum atomic E-state index is -4.38. The Labute approximate surface area is 168 Å². The van der Waals surface area contributed by atoms with Gasteiger partial charge in [0.05, 0.1) is 0 Å². The van der Waals surface area contributed by atoms with E-state index >= 15 is 0 Å². The molecule has 1 atom stereocenters. The average molecular weight is 426 g/mol.